The van der Waals surface area contributed by atoms with E-state index >= 15 is 0 Å². The number of carbonyl (C=O) groups excluding carboxylic acids is 1. The lowest BCUT2D eigenvalue weighted by Gasteiger charge is -2.10. The van der Waals surface area contributed by atoms with Crippen LogP contribution in [0.2, 0.25) is 0 Å². The maximum atomic E-state index is 11.8. The molecule has 0 aliphatic heterocycles. The Morgan fingerprint density at radius 3 is 3.00 bits per heavy atom. The van der Waals surface area contributed by atoms with E-state index in [2.05, 4.69) is 12.1 Å². The summed E-state index contributed by atoms with van der Waals surface area (Å²) in [5, 5.41) is 6.02. The predicted molar refractivity (Wildman–Crippen MR) is 87.9 cm³/mol. The number of rotatable bonds is 8. The van der Waals surface area contributed by atoms with E-state index < -0.39 is 0 Å². The van der Waals surface area contributed by atoms with Crippen LogP contribution in [0, 0.1) is 5.92 Å². The van der Waals surface area contributed by atoms with Gasteiger partial charge in [-0.3, -0.25) is 0 Å². The van der Waals surface area contributed by atoms with E-state index in [1.54, 1.807) is 6.07 Å². The summed E-state index contributed by atoms with van der Waals surface area (Å²) in [6.07, 6.45) is 11.1. The molecular formula is C17H25NO2S. The topological polar surface area (TPSA) is 38.7 Å². The van der Waals surface area contributed by atoms with Crippen molar-refractivity contribution in [2.24, 2.45) is 11.1 Å². The van der Waals surface area contributed by atoms with E-state index in [9.17, 15) is 4.79 Å². The van der Waals surface area contributed by atoms with Crippen molar-refractivity contribution in [2.75, 3.05) is 0 Å². The molecule has 0 amide bonds. The zero-order chi connectivity index (χ0) is 14.9. The predicted octanol–water partition coefficient (Wildman–Crippen LogP) is 5.42. The molecule has 0 bridgehead atoms. The lowest BCUT2D eigenvalue weighted by molar-refractivity contribution is 0.0519. The van der Waals surface area contributed by atoms with E-state index in [-0.39, 0.29) is 5.97 Å². The molecule has 0 N–H and O–H groups in total. The van der Waals surface area contributed by atoms with E-state index in [1.807, 2.05) is 11.4 Å². The zero-order valence-corrected chi connectivity index (χ0v) is 13.7. The van der Waals surface area contributed by atoms with Crippen molar-refractivity contribution < 1.29 is 9.63 Å². The summed E-state index contributed by atoms with van der Waals surface area (Å²) in [4.78, 5) is 17.5. The van der Waals surface area contributed by atoms with Gasteiger partial charge in [0, 0.05) is 5.92 Å². The summed E-state index contributed by atoms with van der Waals surface area (Å²) in [5.74, 6) is 0.203. The van der Waals surface area contributed by atoms with Crippen molar-refractivity contribution in [3.63, 3.8) is 0 Å². The Kier molecular flexibility index (Phi) is 6.93. The molecule has 1 unspecified atom stereocenters. The standard InChI is InChI=1S/C17H25NO2S/c1-2-3-4-5-6-9-14-10-7-11-15(14)18-20-17(19)16-12-8-13-21-16/h8,12-14H,2-7,9-11H2,1H3. The van der Waals surface area contributed by atoms with Gasteiger partial charge in [0.2, 0.25) is 0 Å². The molecule has 0 aromatic carbocycles. The Hall–Kier alpha value is -1.16. The molecule has 1 aliphatic carbocycles. The van der Waals surface area contributed by atoms with E-state index in [0.717, 1.165) is 12.1 Å². The minimum Gasteiger partial charge on any atom is -0.312 e. The van der Waals surface area contributed by atoms with Crippen LogP contribution in [0.3, 0.4) is 0 Å². The molecule has 1 heterocycles. The van der Waals surface area contributed by atoms with Gasteiger partial charge in [0.05, 0.1) is 5.71 Å². The van der Waals surface area contributed by atoms with Gasteiger partial charge >= 0.3 is 5.97 Å². The van der Waals surface area contributed by atoms with Gasteiger partial charge in [-0.15, -0.1) is 11.3 Å². The molecule has 0 saturated heterocycles. The normalized spacial score (nSPS) is 20.0. The minimum absolute atomic E-state index is 0.328. The second-order valence-electron chi connectivity index (χ2n) is 5.73. The quantitative estimate of drug-likeness (QED) is 0.365. The Bertz CT molecular complexity index is 453. The summed E-state index contributed by atoms with van der Waals surface area (Å²) < 4.78 is 0. The first-order valence-corrected chi connectivity index (χ1v) is 9.01. The number of nitrogens with zero attached hydrogens (tertiary/aromatic N) is 1. The molecule has 1 saturated carbocycles. The molecular weight excluding hydrogens is 282 g/mol. The maximum Gasteiger partial charge on any atom is 0.375 e. The second-order valence-corrected chi connectivity index (χ2v) is 6.68. The molecule has 0 radical (unpaired) electrons. The fourth-order valence-corrected chi connectivity index (χ4v) is 3.46. The van der Waals surface area contributed by atoms with Crippen LogP contribution in [0.15, 0.2) is 22.7 Å². The van der Waals surface area contributed by atoms with E-state index in [0.29, 0.717) is 10.8 Å². The van der Waals surface area contributed by atoms with Crippen LogP contribution in [0.25, 0.3) is 0 Å². The monoisotopic (exact) mass is 307 g/mol. The molecule has 21 heavy (non-hydrogen) atoms. The summed E-state index contributed by atoms with van der Waals surface area (Å²) >= 11 is 1.39. The van der Waals surface area contributed by atoms with Crippen molar-refractivity contribution in [2.45, 2.75) is 64.7 Å². The van der Waals surface area contributed by atoms with Crippen molar-refractivity contribution in [1.29, 1.82) is 0 Å². The molecule has 1 fully saturated rings. The van der Waals surface area contributed by atoms with Crippen LogP contribution in [-0.2, 0) is 4.84 Å². The van der Waals surface area contributed by atoms with Gasteiger partial charge in [0.15, 0.2) is 0 Å². The lowest BCUT2D eigenvalue weighted by atomic mass is 9.98. The fourth-order valence-electron chi connectivity index (χ4n) is 2.87. The average molecular weight is 307 g/mol. The number of oxime groups is 1. The summed E-state index contributed by atoms with van der Waals surface area (Å²) in [6.45, 7) is 2.24. The molecule has 1 aliphatic rings. The number of carbonyl (C=O) groups is 1. The van der Waals surface area contributed by atoms with E-state index in [4.69, 9.17) is 4.84 Å². The molecule has 4 heteroatoms. The summed E-state index contributed by atoms with van der Waals surface area (Å²) in [5.41, 5.74) is 1.09. The van der Waals surface area contributed by atoms with Crippen LogP contribution >= 0.6 is 11.3 Å². The van der Waals surface area contributed by atoms with Gasteiger partial charge in [-0.1, -0.05) is 50.2 Å². The van der Waals surface area contributed by atoms with Gasteiger partial charge in [-0.2, -0.15) is 0 Å². The first kappa shape index (κ1) is 16.2. The Labute approximate surface area is 131 Å². The van der Waals surface area contributed by atoms with Crippen LogP contribution < -0.4 is 0 Å². The molecule has 1 aromatic heterocycles. The molecule has 2 rings (SSSR count). The van der Waals surface area contributed by atoms with Crippen LogP contribution in [0.1, 0.15) is 74.4 Å². The van der Waals surface area contributed by atoms with Gasteiger partial charge in [-0.05, 0) is 37.1 Å². The van der Waals surface area contributed by atoms with Gasteiger partial charge in [0.25, 0.3) is 0 Å². The highest BCUT2D eigenvalue weighted by atomic mass is 32.1. The highest BCUT2D eigenvalue weighted by Crippen LogP contribution is 2.28. The number of thiophene rings is 1. The average Bonchev–Trinajstić information content (AvgIpc) is 3.16. The fraction of sp³-hybridized carbons (Fsp3) is 0.647. The third kappa shape index (κ3) is 5.27. The summed E-state index contributed by atoms with van der Waals surface area (Å²) in [6, 6.07) is 3.62. The number of hydrogen-bond acceptors (Lipinski definition) is 4. The van der Waals surface area contributed by atoms with Crippen molar-refractivity contribution >= 4 is 23.0 Å². The zero-order valence-electron chi connectivity index (χ0n) is 12.8. The van der Waals surface area contributed by atoms with Crippen LogP contribution in [-0.4, -0.2) is 11.7 Å². The first-order chi connectivity index (χ1) is 10.3. The van der Waals surface area contributed by atoms with Gasteiger partial charge in [0.1, 0.15) is 4.88 Å². The highest BCUT2D eigenvalue weighted by Gasteiger charge is 2.23. The third-order valence-corrected chi connectivity index (χ3v) is 4.93. The molecule has 116 valence electrons. The Balaban J connectivity index is 1.75. The molecule has 3 nitrogen and oxygen atoms in total. The largest absolute Gasteiger partial charge is 0.375 e. The van der Waals surface area contributed by atoms with E-state index in [1.165, 1.54) is 62.7 Å². The Morgan fingerprint density at radius 1 is 1.38 bits per heavy atom. The molecule has 1 atom stereocenters. The van der Waals surface area contributed by atoms with Crippen LogP contribution in [0.5, 0.6) is 0 Å². The van der Waals surface area contributed by atoms with Gasteiger partial charge in [-0.25, -0.2) is 4.79 Å². The first-order valence-electron chi connectivity index (χ1n) is 8.13. The SMILES string of the molecule is CCCCCCCC1CCCC1=NOC(=O)c1cccs1. The highest BCUT2D eigenvalue weighted by molar-refractivity contribution is 7.11. The lowest BCUT2D eigenvalue weighted by Crippen LogP contribution is -2.09. The number of unbranched alkanes of at least 4 members (excludes halogenated alkanes) is 4. The summed E-state index contributed by atoms with van der Waals surface area (Å²) in [7, 11) is 0. The van der Waals surface area contributed by atoms with Crippen LogP contribution in [0.4, 0.5) is 0 Å². The van der Waals surface area contributed by atoms with Crippen molar-refractivity contribution in [3.8, 4) is 0 Å². The maximum absolute atomic E-state index is 11.8. The van der Waals surface area contributed by atoms with Gasteiger partial charge < -0.3 is 4.84 Å². The third-order valence-electron chi connectivity index (χ3n) is 4.08. The number of hydrogen-bond donors (Lipinski definition) is 0. The minimum atomic E-state index is -0.328. The smallest absolute Gasteiger partial charge is 0.312 e. The Morgan fingerprint density at radius 2 is 2.24 bits per heavy atom. The van der Waals surface area contributed by atoms with Crippen molar-refractivity contribution in [1.82, 2.24) is 0 Å². The van der Waals surface area contributed by atoms with Crippen molar-refractivity contribution in [3.05, 3.63) is 22.4 Å². The second kappa shape index (κ2) is 8.98. The molecule has 1 aromatic rings. The molecule has 0 spiro atoms.